The second-order valence-corrected chi connectivity index (χ2v) is 7.76. The Bertz CT molecular complexity index is 670. The molecule has 1 aliphatic rings. The van der Waals surface area contributed by atoms with Crippen LogP contribution in [0.1, 0.15) is 35.9 Å². The Morgan fingerprint density at radius 2 is 2.00 bits per heavy atom. The van der Waals surface area contributed by atoms with E-state index in [2.05, 4.69) is 26.2 Å². The fraction of sp³-hybridized carbons (Fsp3) is 0.375. The zero-order valence-electron chi connectivity index (χ0n) is 12.4. The number of rotatable bonds is 3. The lowest BCUT2D eigenvalue weighted by atomic mass is 9.92. The lowest BCUT2D eigenvalue weighted by Gasteiger charge is -2.23. The highest BCUT2D eigenvalue weighted by Crippen LogP contribution is 2.30. The molecule has 1 heterocycles. The number of thiazole rings is 1. The van der Waals surface area contributed by atoms with Crippen molar-refractivity contribution in [1.82, 2.24) is 4.98 Å². The number of nitrogens with one attached hydrogen (secondary N) is 1. The summed E-state index contributed by atoms with van der Waals surface area (Å²) in [4.78, 5) is 18.4. The third-order valence-corrected chi connectivity index (χ3v) is 5.58. The zero-order valence-corrected chi connectivity index (χ0v) is 14.8. The quantitative estimate of drug-likeness (QED) is 0.855. The minimum absolute atomic E-state index is 0.235. The van der Waals surface area contributed by atoms with Crippen LogP contribution in [0.5, 0.6) is 0 Å². The molecule has 0 saturated heterocycles. The van der Waals surface area contributed by atoms with Gasteiger partial charge in [-0.2, -0.15) is 0 Å². The molecule has 1 aliphatic carbocycles. The summed E-state index contributed by atoms with van der Waals surface area (Å²) in [6, 6.07) is 7.48. The molecule has 3 N–H and O–H groups in total. The molecule has 116 valence electrons. The van der Waals surface area contributed by atoms with E-state index in [1.807, 2.05) is 24.3 Å². The summed E-state index contributed by atoms with van der Waals surface area (Å²) < 4.78 is 0.958. The van der Waals surface area contributed by atoms with Gasteiger partial charge in [0.1, 0.15) is 5.54 Å². The highest BCUT2D eigenvalue weighted by Gasteiger charge is 2.31. The summed E-state index contributed by atoms with van der Waals surface area (Å²) in [5.74, 6) is -0.235. The Hall–Kier alpha value is -1.24. The van der Waals surface area contributed by atoms with Crippen molar-refractivity contribution in [3.8, 4) is 0 Å². The maximum atomic E-state index is 12.6. The van der Waals surface area contributed by atoms with E-state index in [4.69, 9.17) is 5.73 Å². The first kappa shape index (κ1) is 15.6. The number of aromatic nitrogens is 1. The second kappa shape index (κ2) is 6.10. The van der Waals surface area contributed by atoms with Gasteiger partial charge in [0, 0.05) is 9.35 Å². The van der Waals surface area contributed by atoms with Crippen LogP contribution in [-0.2, 0) is 23.2 Å². The molecule has 0 saturated carbocycles. The van der Waals surface area contributed by atoms with Crippen LogP contribution in [0.15, 0.2) is 28.7 Å². The highest BCUT2D eigenvalue weighted by atomic mass is 79.9. The standard InChI is InChI=1S/C16H18BrN3OS/c1-16(18,10-6-8-11(17)9-7-10)14(21)20-15-19-12-4-2-3-5-13(12)22-15/h6-9H,2-5,18H2,1H3,(H,19,20,21). The minimum atomic E-state index is -1.09. The smallest absolute Gasteiger partial charge is 0.250 e. The summed E-state index contributed by atoms with van der Waals surface area (Å²) >= 11 is 4.96. The molecule has 0 fully saturated rings. The maximum absolute atomic E-state index is 12.6. The van der Waals surface area contributed by atoms with E-state index >= 15 is 0 Å². The van der Waals surface area contributed by atoms with Crippen LogP contribution in [0, 0.1) is 0 Å². The molecule has 0 spiro atoms. The van der Waals surface area contributed by atoms with Gasteiger partial charge in [0.25, 0.3) is 5.91 Å². The van der Waals surface area contributed by atoms with Crippen LogP contribution in [0.4, 0.5) is 5.13 Å². The molecule has 4 nitrogen and oxygen atoms in total. The van der Waals surface area contributed by atoms with Crippen LogP contribution in [0.3, 0.4) is 0 Å². The van der Waals surface area contributed by atoms with Crippen molar-refractivity contribution in [2.75, 3.05) is 5.32 Å². The topological polar surface area (TPSA) is 68.0 Å². The first-order chi connectivity index (χ1) is 10.5. The number of anilines is 1. The van der Waals surface area contributed by atoms with E-state index < -0.39 is 5.54 Å². The molecular formula is C16H18BrN3OS. The molecule has 0 radical (unpaired) electrons. The summed E-state index contributed by atoms with van der Waals surface area (Å²) in [5.41, 5.74) is 7.07. The van der Waals surface area contributed by atoms with E-state index in [1.165, 1.54) is 17.7 Å². The molecular weight excluding hydrogens is 362 g/mol. The number of fused-ring (bicyclic) bond motifs is 1. The fourth-order valence-electron chi connectivity index (χ4n) is 2.56. The van der Waals surface area contributed by atoms with E-state index in [0.717, 1.165) is 28.6 Å². The predicted molar refractivity (Wildman–Crippen MR) is 93.1 cm³/mol. The molecule has 1 aromatic carbocycles. The average molecular weight is 380 g/mol. The summed E-state index contributed by atoms with van der Waals surface area (Å²) in [5, 5.41) is 3.54. The maximum Gasteiger partial charge on any atom is 0.250 e. The van der Waals surface area contributed by atoms with Gasteiger partial charge in [-0.05, 0) is 50.3 Å². The minimum Gasteiger partial charge on any atom is -0.314 e. The average Bonchev–Trinajstić information content (AvgIpc) is 2.89. The molecule has 2 aromatic rings. The van der Waals surface area contributed by atoms with Crippen molar-refractivity contribution in [1.29, 1.82) is 0 Å². The zero-order chi connectivity index (χ0) is 15.7. The summed E-state index contributed by atoms with van der Waals surface area (Å²) in [6.45, 7) is 1.72. The predicted octanol–water partition coefficient (Wildman–Crippen LogP) is 3.60. The van der Waals surface area contributed by atoms with Gasteiger partial charge in [0.2, 0.25) is 0 Å². The number of aryl methyl sites for hydroxylation is 2. The van der Waals surface area contributed by atoms with Crippen LogP contribution in [-0.4, -0.2) is 10.9 Å². The van der Waals surface area contributed by atoms with Crippen LogP contribution in [0.25, 0.3) is 0 Å². The molecule has 22 heavy (non-hydrogen) atoms. The van der Waals surface area contributed by atoms with Crippen LogP contribution >= 0.6 is 27.3 Å². The van der Waals surface area contributed by atoms with Gasteiger partial charge in [-0.3, -0.25) is 4.79 Å². The van der Waals surface area contributed by atoms with E-state index in [0.29, 0.717) is 5.13 Å². The molecule has 3 rings (SSSR count). The van der Waals surface area contributed by atoms with Gasteiger partial charge in [0.15, 0.2) is 5.13 Å². The SMILES string of the molecule is CC(N)(C(=O)Nc1nc2c(s1)CCCC2)c1ccc(Br)cc1. The summed E-state index contributed by atoms with van der Waals surface area (Å²) in [7, 11) is 0. The Morgan fingerprint density at radius 1 is 1.32 bits per heavy atom. The van der Waals surface area contributed by atoms with Crippen molar-refractivity contribution in [3.05, 3.63) is 44.9 Å². The van der Waals surface area contributed by atoms with Crippen molar-refractivity contribution in [2.45, 2.75) is 38.1 Å². The third-order valence-electron chi connectivity index (χ3n) is 3.98. The Kier molecular flexibility index (Phi) is 4.34. The Labute approximate surface area is 142 Å². The lowest BCUT2D eigenvalue weighted by molar-refractivity contribution is -0.120. The molecule has 1 aromatic heterocycles. The molecule has 6 heteroatoms. The van der Waals surface area contributed by atoms with E-state index in [-0.39, 0.29) is 5.91 Å². The molecule has 1 atom stereocenters. The van der Waals surface area contributed by atoms with Gasteiger partial charge in [-0.25, -0.2) is 4.98 Å². The Morgan fingerprint density at radius 3 is 2.68 bits per heavy atom. The van der Waals surface area contributed by atoms with E-state index in [9.17, 15) is 4.79 Å². The first-order valence-corrected chi connectivity index (χ1v) is 8.93. The van der Waals surface area contributed by atoms with Gasteiger partial charge in [-0.1, -0.05) is 28.1 Å². The van der Waals surface area contributed by atoms with E-state index in [1.54, 1.807) is 18.3 Å². The normalized spacial score (nSPS) is 16.7. The van der Waals surface area contributed by atoms with Crippen molar-refractivity contribution in [3.63, 3.8) is 0 Å². The number of carbonyl (C=O) groups is 1. The number of carbonyl (C=O) groups excluding carboxylic acids is 1. The number of benzene rings is 1. The number of nitrogens with two attached hydrogens (primary N) is 1. The van der Waals surface area contributed by atoms with Gasteiger partial charge in [0.05, 0.1) is 5.69 Å². The number of halogens is 1. The van der Waals surface area contributed by atoms with Crippen LogP contribution < -0.4 is 11.1 Å². The van der Waals surface area contributed by atoms with Gasteiger partial charge in [-0.15, -0.1) is 11.3 Å². The number of hydrogen-bond donors (Lipinski definition) is 2. The molecule has 0 bridgehead atoms. The highest BCUT2D eigenvalue weighted by molar-refractivity contribution is 9.10. The van der Waals surface area contributed by atoms with Crippen LogP contribution in [0.2, 0.25) is 0 Å². The number of nitrogens with zero attached hydrogens (tertiary/aromatic N) is 1. The van der Waals surface area contributed by atoms with Crippen molar-refractivity contribution < 1.29 is 4.79 Å². The first-order valence-electron chi connectivity index (χ1n) is 7.32. The third kappa shape index (κ3) is 3.09. The van der Waals surface area contributed by atoms with Crippen molar-refractivity contribution >= 4 is 38.3 Å². The van der Waals surface area contributed by atoms with Gasteiger partial charge < -0.3 is 11.1 Å². The Balaban J connectivity index is 1.78. The molecule has 1 unspecified atom stereocenters. The number of amides is 1. The molecule has 1 amide bonds. The monoisotopic (exact) mass is 379 g/mol. The fourth-order valence-corrected chi connectivity index (χ4v) is 3.87. The largest absolute Gasteiger partial charge is 0.314 e. The second-order valence-electron chi connectivity index (χ2n) is 5.76. The lowest BCUT2D eigenvalue weighted by Crippen LogP contribution is -2.45. The summed E-state index contributed by atoms with van der Waals surface area (Å²) in [6.07, 6.45) is 4.46. The molecule has 0 aliphatic heterocycles. The van der Waals surface area contributed by atoms with Crippen molar-refractivity contribution in [2.24, 2.45) is 5.73 Å². The number of hydrogen-bond acceptors (Lipinski definition) is 4. The van der Waals surface area contributed by atoms with Gasteiger partial charge >= 0.3 is 0 Å².